The van der Waals surface area contributed by atoms with Gasteiger partial charge in [0.1, 0.15) is 0 Å². The summed E-state index contributed by atoms with van der Waals surface area (Å²) in [6.07, 6.45) is 8.01. The summed E-state index contributed by atoms with van der Waals surface area (Å²) in [4.78, 5) is 14.5. The highest BCUT2D eigenvalue weighted by Gasteiger charge is 2.43. The molecule has 4 atom stereocenters. The van der Waals surface area contributed by atoms with Crippen LogP contribution in [-0.4, -0.2) is 36.1 Å². The lowest BCUT2D eigenvalue weighted by Gasteiger charge is -2.27. The largest absolute Gasteiger partial charge is 0.374 e. The van der Waals surface area contributed by atoms with Gasteiger partial charge >= 0.3 is 0 Å². The molecule has 0 aromatic heterocycles. The van der Waals surface area contributed by atoms with E-state index in [1.807, 2.05) is 18.7 Å². The van der Waals surface area contributed by atoms with Crippen molar-refractivity contribution in [1.29, 1.82) is 0 Å². The number of carbonyl (C=O) groups is 1. The first-order chi connectivity index (χ1) is 8.54. The quantitative estimate of drug-likeness (QED) is 0.712. The van der Waals surface area contributed by atoms with Crippen molar-refractivity contribution in [2.75, 3.05) is 13.1 Å². The summed E-state index contributed by atoms with van der Waals surface area (Å²) in [5.74, 6) is 3.70. The second-order valence-electron chi connectivity index (χ2n) is 5.80. The topological polar surface area (TPSA) is 29.5 Å². The van der Waals surface area contributed by atoms with Crippen molar-refractivity contribution in [2.24, 2.45) is 17.8 Å². The minimum atomic E-state index is -0.0351. The lowest BCUT2D eigenvalue weighted by Crippen LogP contribution is -2.42. The van der Waals surface area contributed by atoms with E-state index in [-0.39, 0.29) is 30.0 Å². The van der Waals surface area contributed by atoms with E-state index in [0.717, 1.165) is 6.54 Å². The van der Waals surface area contributed by atoms with Crippen LogP contribution in [0.25, 0.3) is 0 Å². The number of amides is 1. The first-order valence-corrected chi connectivity index (χ1v) is 6.92. The van der Waals surface area contributed by atoms with Gasteiger partial charge in [-0.05, 0) is 38.5 Å². The number of nitrogens with zero attached hydrogens (tertiary/aromatic N) is 1. The van der Waals surface area contributed by atoms with Crippen molar-refractivity contribution in [1.82, 2.24) is 4.90 Å². The molecule has 18 heavy (non-hydrogen) atoms. The zero-order chi connectivity index (χ0) is 13.3. The molecule has 0 N–H and O–H groups in total. The highest BCUT2D eigenvalue weighted by Crippen LogP contribution is 2.35. The van der Waals surface area contributed by atoms with Crippen molar-refractivity contribution in [2.45, 2.75) is 45.8 Å². The first-order valence-electron chi connectivity index (χ1n) is 6.92. The lowest BCUT2D eigenvalue weighted by atomic mass is 9.88. The van der Waals surface area contributed by atoms with E-state index in [1.54, 1.807) is 0 Å². The molecule has 0 aromatic carbocycles. The fourth-order valence-corrected chi connectivity index (χ4v) is 2.86. The average Bonchev–Trinajstić information content (AvgIpc) is 3.07. The molecular formula is C15H23NO2. The Hall–Kier alpha value is -1.01. The number of terminal acetylenes is 1. The number of rotatable bonds is 4. The van der Waals surface area contributed by atoms with E-state index in [1.165, 1.54) is 12.8 Å². The number of ether oxygens (including phenoxy) is 1. The molecule has 3 nitrogen and oxygen atoms in total. The third-order valence-corrected chi connectivity index (χ3v) is 4.30. The minimum absolute atomic E-state index is 0.00183. The van der Waals surface area contributed by atoms with Gasteiger partial charge in [-0.2, -0.15) is 0 Å². The molecule has 0 bridgehead atoms. The van der Waals surface area contributed by atoms with Gasteiger partial charge < -0.3 is 9.64 Å². The Morgan fingerprint density at radius 2 is 2.00 bits per heavy atom. The molecule has 0 radical (unpaired) electrons. The van der Waals surface area contributed by atoms with Crippen molar-refractivity contribution >= 4 is 5.91 Å². The Labute approximate surface area is 110 Å². The molecule has 1 saturated heterocycles. The van der Waals surface area contributed by atoms with Gasteiger partial charge in [0.15, 0.2) is 0 Å². The summed E-state index contributed by atoms with van der Waals surface area (Å²) in [6, 6.07) is 0. The molecule has 2 aliphatic rings. The predicted molar refractivity (Wildman–Crippen MR) is 70.8 cm³/mol. The molecule has 100 valence electrons. The standard InChI is InChI=1S/C15H23NO2/c1-5-8-16(9-13-6-7-13)15(17)14-10(2)11(3)18-12(14)4/h1,10-14H,6-9H2,2-4H3. The fraction of sp³-hybridized carbons (Fsp3) is 0.800. The van der Waals surface area contributed by atoms with E-state index >= 15 is 0 Å². The van der Waals surface area contributed by atoms with E-state index in [4.69, 9.17) is 11.2 Å². The normalized spacial score (nSPS) is 35.2. The summed E-state index contributed by atoms with van der Waals surface area (Å²) in [5.41, 5.74) is 0. The number of carbonyl (C=O) groups excluding carboxylic acids is 1. The second kappa shape index (κ2) is 5.32. The first kappa shape index (κ1) is 13.4. The monoisotopic (exact) mass is 249 g/mol. The van der Waals surface area contributed by atoms with Gasteiger partial charge in [0, 0.05) is 6.54 Å². The van der Waals surface area contributed by atoms with E-state index in [2.05, 4.69) is 12.8 Å². The van der Waals surface area contributed by atoms with Crippen LogP contribution in [0.2, 0.25) is 0 Å². The van der Waals surface area contributed by atoms with Crippen LogP contribution in [0.1, 0.15) is 33.6 Å². The third kappa shape index (κ3) is 2.70. The number of hydrogen-bond acceptors (Lipinski definition) is 2. The van der Waals surface area contributed by atoms with Crippen molar-refractivity contribution in [3.63, 3.8) is 0 Å². The van der Waals surface area contributed by atoms with Gasteiger partial charge in [-0.3, -0.25) is 4.79 Å². The summed E-state index contributed by atoms with van der Waals surface area (Å²) in [5, 5.41) is 0. The molecule has 3 heteroatoms. The Morgan fingerprint density at radius 3 is 2.44 bits per heavy atom. The molecule has 2 fully saturated rings. The van der Waals surface area contributed by atoms with Crippen LogP contribution in [0.4, 0.5) is 0 Å². The van der Waals surface area contributed by atoms with Crippen LogP contribution in [0.3, 0.4) is 0 Å². The molecule has 1 heterocycles. The van der Waals surface area contributed by atoms with Crippen molar-refractivity contribution < 1.29 is 9.53 Å². The van der Waals surface area contributed by atoms with Gasteiger partial charge in [-0.1, -0.05) is 12.8 Å². The molecule has 1 saturated carbocycles. The molecule has 1 amide bonds. The average molecular weight is 249 g/mol. The Balaban J connectivity index is 2.04. The molecule has 2 rings (SSSR count). The molecule has 1 aliphatic heterocycles. The Morgan fingerprint density at radius 1 is 1.33 bits per heavy atom. The van der Waals surface area contributed by atoms with Gasteiger partial charge in [-0.15, -0.1) is 6.42 Å². The zero-order valence-electron chi connectivity index (χ0n) is 11.6. The highest BCUT2D eigenvalue weighted by molar-refractivity contribution is 5.80. The van der Waals surface area contributed by atoms with Crippen LogP contribution in [0.15, 0.2) is 0 Å². The van der Waals surface area contributed by atoms with Crippen LogP contribution >= 0.6 is 0 Å². The third-order valence-electron chi connectivity index (χ3n) is 4.30. The maximum absolute atomic E-state index is 12.6. The smallest absolute Gasteiger partial charge is 0.229 e. The van der Waals surface area contributed by atoms with Crippen LogP contribution < -0.4 is 0 Å². The van der Waals surface area contributed by atoms with Crippen LogP contribution in [0, 0.1) is 30.1 Å². The predicted octanol–water partition coefficient (Wildman–Crippen LogP) is 1.92. The van der Waals surface area contributed by atoms with Crippen molar-refractivity contribution in [3.8, 4) is 12.3 Å². The van der Waals surface area contributed by atoms with E-state index in [0.29, 0.717) is 12.5 Å². The SMILES string of the molecule is C#CCN(CC1CC1)C(=O)C1C(C)OC(C)C1C. The second-order valence-corrected chi connectivity index (χ2v) is 5.80. The number of hydrogen-bond donors (Lipinski definition) is 0. The summed E-state index contributed by atoms with van der Waals surface area (Å²) in [7, 11) is 0. The maximum Gasteiger partial charge on any atom is 0.229 e. The van der Waals surface area contributed by atoms with Gasteiger partial charge in [0.25, 0.3) is 0 Å². The molecule has 0 spiro atoms. The molecule has 0 aromatic rings. The summed E-state index contributed by atoms with van der Waals surface area (Å²) < 4.78 is 5.76. The minimum Gasteiger partial charge on any atom is -0.374 e. The maximum atomic E-state index is 12.6. The van der Waals surface area contributed by atoms with Crippen LogP contribution in [-0.2, 0) is 9.53 Å². The molecular weight excluding hydrogens is 226 g/mol. The highest BCUT2D eigenvalue weighted by atomic mass is 16.5. The summed E-state index contributed by atoms with van der Waals surface area (Å²) in [6.45, 7) is 7.39. The fourth-order valence-electron chi connectivity index (χ4n) is 2.86. The van der Waals surface area contributed by atoms with Crippen molar-refractivity contribution in [3.05, 3.63) is 0 Å². The van der Waals surface area contributed by atoms with Gasteiger partial charge in [-0.25, -0.2) is 0 Å². The lowest BCUT2D eigenvalue weighted by molar-refractivity contribution is -0.137. The van der Waals surface area contributed by atoms with Gasteiger partial charge in [0.05, 0.1) is 24.7 Å². The molecule has 4 unspecified atom stereocenters. The Bertz CT molecular complexity index is 356. The van der Waals surface area contributed by atoms with Crippen LogP contribution in [0.5, 0.6) is 0 Å². The van der Waals surface area contributed by atoms with E-state index < -0.39 is 0 Å². The summed E-state index contributed by atoms with van der Waals surface area (Å²) >= 11 is 0. The van der Waals surface area contributed by atoms with E-state index in [9.17, 15) is 4.79 Å². The zero-order valence-corrected chi connectivity index (χ0v) is 11.6. The van der Waals surface area contributed by atoms with Gasteiger partial charge in [0.2, 0.25) is 5.91 Å². The molecule has 1 aliphatic carbocycles. The Kier molecular flexibility index (Phi) is 3.97.